The average molecular weight is 369 g/mol. The molecule has 0 N–H and O–H groups in total. The Labute approximate surface area is 156 Å². The summed E-state index contributed by atoms with van der Waals surface area (Å²) in [6.07, 6.45) is 1.86. The highest BCUT2D eigenvalue weighted by Crippen LogP contribution is 2.23. The number of rotatable bonds is 8. The van der Waals surface area contributed by atoms with E-state index in [0.717, 1.165) is 11.3 Å². The van der Waals surface area contributed by atoms with E-state index in [1.165, 1.54) is 12.3 Å². The molecule has 0 amide bonds. The van der Waals surface area contributed by atoms with Gasteiger partial charge in [-0.05, 0) is 31.2 Å². The minimum Gasteiger partial charge on any atom is -0.490 e. The Balaban J connectivity index is 1.39. The zero-order valence-corrected chi connectivity index (χ0v) is 15.0. The van der Waals surface area contributed by atoms with Crippen LogP contribution in [-0.4, -0.2) is 24.2 Å². The SMILES string of the molecule is Cc1ccc(OCCOC(=O)CCc2ncc(-c3ccccc3F)o2)cc1. The van der Waals surface area contributed by atoms with E-state index < -0.39 is 0 Å². The molecular weight excluding hydrogens is 349 g/mol. The van der Waals surface area contributed by atoms with Crippen LogP contribution in [0.1, 0.15) is 17.9 Å². The minimum atomic E-state index is -0.381. The van der Waals surface area contributed by atoms with Crippen molar-refractivity contribution < 1.29 is 23.1 Å². The van der Waals surface area contributed by atoms with Crippen molar-refractivity contribution in [2.24, 2.45) is 0 Å². The van der Waals surface area contributed by atoms with Gasteiger partial charge < -0.3 is 13.9 Å². The number of aryl methyl sites for hydroxylation is 2. The van der Waals surface area contributed by atoms with Crippen molar-refractivity contribution in [3.8, 4) is 17.1 Å². The van der Waals surface area contributed by atoms with Crippen molar-refractivity contribution >= 4 is 5.97 Å². The number of halogens is 1. The van der Waals surface area contributed by atoms with Gasteiger partial charge in [-0.15, -0.1) is 0 Å². The van der Waals surface area contributed by atoms with Gasteiger partial charge in [0.15, 0.2) is 11.7 Å². The fourth-order valence-corrected chi connectivity index (χ4v) is 2.44. The van der Waals surface area contributed by atoms with Crippen LogP contribution in [0, 0.1) is 12.7 Å². The number of carbonyl (C=O) groups excluding carboxylic acids is 1. The van der Waals surface area contributed by atoms with Gasteiger partial charge in [-0.3, -0.25) is 4.79 Å². The normalized spacial score (nSPS) is 10.6. The lowest BCUT2D eigenvalue weighted by atomic mass is 10.2. The maximum atomic E-state index is 13.7. The lowest BCUT2D eigenvalue weighted by molar-refractivity contribution is -0.144. The van der Waals surface area contributed by atoms with Crippen molar-refractivity contribution in [3.63, 3.8) is 0 Å². The van der Waals surface area contributed by atoms with Crippen LogP contribution in [0.3, 0.4) is 0 Å². The molecule has 0 saturated carbocycles. The molecule has 0 fully saturated rings. The summed E-state index contributed by atoms with van der Waals surface area (Å²) in [6.45, 7) is 2.45. The molecule has 1 heterocycles. The Morgan fingerprint density at radius 2 is 1.89 bits per heavy atom. The lowest BCUT2D eigenvalue weighted by Crippen LogP contribution is -2.12. The molecule has 3 rings (SSSR count). The highest BCUT2D eigenvalue weighted by Gasteiger charge is 2.12. The Morgan fingerprint density at radius 3 is 2.67 bits per heavy atom. The van der Waals surface area contributed by atoms with Crippen LogP contribution in [0.5, 0.6) is 5.75 Å². The standard InChI is InChI=1S/C21H20FNO4/c1-15-6-8-16(9-7-15)25-12-13-26-21(24)11-10-20-23-14-19(27-20)17-4-2-3-5-18(17)22/h2-9,14H,10-13H2,1H3. The first-order valence-electron chi connectivity index (χ1n) is 8.66. The number of ether oxygens (including phenoxy) is 2. The van der Waals surface area contributed by atoms with Crippen molar-refractivity contribution in [2.45, 2.75) is 19.8 Å². The van der Waals surface area contributed by atoms with Crippen molar-refractivity contribution in [3.05, 3.63) is 72.0 Å². The van der Waals surface area contributed by atoms with E-state index in [9.17, 15) is 9.18 Å². The Hall–Kier alpha value is -3.15. The molecule has 5 nitrogen and oxygen atoms in total. The smallest absolute Gasteiger partial charge is 0.306 e. The van der Waals surface area contributed by atoms with Gasteiger partial charge in [0.2, 0.25) is 0 Å². The number of aromatic nitrogens is 1. The molecule has 3 aromatic rings. The summed E-state index contributed by atoms with van der Waals surface area (Å²) in [6, 6.07) is 13.9. The third kappa shape index (κ3) is 5.41. The molecule has 0 unspecified atom stereocenters. The summed E-state index contributed by atoms with van der Waals surface area (Å²) in [5, 5.41) is 0. The second-order valence-electron chi connectivity index (χ2n) is 5.98. The van der Waals surface area contributed by atoms with Gasteiger partial charge in [0.1, 0.15) is 24.8 Å². The maximum absolute atomic E-state index is 13.7. The third-order valence-electron chi connectivity index (χ3n) is 3.87. The van der Waals surface area contributed by atoms with Crippen molar-refractivity contribution in [1.82, 2.24) is 4.98 Å². The van der Waals surface area contributed by atoms with Crippen molar-refractivity contribution in [1.29, 1.82) is 0 Å². The van der Waals surface area contributed by atoms with Gasteiger partial charge in [0.05, 0.1) is 18.2 Å². The molecular formula is C21H20FNO4. The monoisotopic (exact) mass is 369 g/mol. The third-order valence-corrected chi connectivity index (χ3v) is 3.87. The topological polar surface area (TPSA) is 61.6 Å². The second kappa shape index (κ2) is 8.98. The molecule has 0 spiro atoms. The van der Waals surface area contributed by atoms with Crippen LogP contribution >= 0.6 is 0 Å². The number of nitrogens with zero attached hydrogens (tertiary/aromatic N) is 1. The molecule has 0 aliphatic heterocycles. The van der Waals surface area contributed by atoms with E-state index >= 15 is 0 Å². The molecule has 0 atom stereocenters. The van der Waals surface area contributed by atoms with Crippen LogP contribution in [0.25, 0.3) is 11.3 Å². The van der Waals surface area contributed by atoms with Crippen LogP contribution in [-0.2, 0) is 16.0 Å². The molecule has 0 radical (unpaired) electrons. The molecule has 1 aromatic heterocycles. The fourth-order valence-electron chi connectivity index (χ4n) is 2.44. The maximum Gasteiger partial charge on any atom is 0.306 e. The van der Waals surface area contributed by atoms with E-state index in [2.05, 4.69) is 4.98 Å². The molecule has 27 heavy (non-hydrogen) atoms. The highest BCUT2D eigenvalue weighted by atomic mass is 19.1. The van der Waals surface area contributed by atoms with Gasteiger partial charge in [-0.1, -0.05) is 29.8 Å². The van der Waals surface area contributed by atoms with E-state index in [0.29, 0.717) is 17.2 Å². The summed E-state index contributed by atoms with van der Waals surface area (Å²) in [5.41, 5.74) is 1.49. The summed E-state index contributed by atoms with van der Waals surface area (Å²) in [7, 11) is 0. The number of esters is 1. The molecule has 6 heteroatoms. The van der Waals surface area contributed by atoms with Gasteiger partial charge in [-0.2, -0.15) is 0 Å². The van der Waals surface area contributed by atoms with Gasteiger partial charge in [0.25, 0.3) is 0 Å². The van der Waals surface area contributed by atoms with Crippen LogP contribution in [0.15, 0.2) is 59.1 Å². The zero-order valence-electron chi connectivity index (χ0n) is 15.0. The van der Waals surface area contributed by atoms with Gasteiger partial charge >= 0.3 is 5.97 Å². The fraction of sp³-hybridized carbons (Fsp3) is 0.238. The molecule has 2 aromatic carbocycles. The van der Waals surface area contributed by atoms with Gasteiger partial charge in [-0.25, -0.2) is 9.37 Å². The minimum absolute atomic E-state index is 0.127. The first-order chi connectivity index (χ1) is 13.1. The number of benzene rings is 2. The van der Waals surface area contributed by atoms with Crippen LogP contribution in [0.4, 0.5) is 4.39 Å². The average Bonchev–Trinajstić information content (AvgIpc) is 3.14. The predicted octanol–water partition coefficient (Wildman–Crippen LogP) is 4.34. The van der Waals surface area contributed by atoms with E-state index in [1.54, 1.807) is 18.2 Å². The molecule has 0 saturated heterocycles. The van der Waals surface area contributed by atoms with E-state index in [4.69, 9.17) is 13.9 Å². The molecule has 140 valence electrons. The number of oxazole rings is 1. The number of carbonyl (C=O) groups is 1. The first-order valence-corrected chi connectivity index (χ1v) is 8.66. The Kier molecular flexibility index (Phi) is 6.20. The quantitative estimate of drug-likeness (QED) is 0.436. The molecule has 0 aliphatic rings. The summed E-state index contributed by atoms with van der Waals surface area (Å²) in [5.74, 6) is 0.683. The number of hydrogen-bond acceptors (Lipinski definition) is 5. The van der Waals surface area contributed by atoms with Crippen LogP contribution in [0.2, 0.25) is 0 Å². The first kappa shape index (κ1) is 18.6. The van der Waals surface area contributed by atoms with E-state index in [-0.39, 0.29) is 37.8 Å². The van der Waals surface area contributed by atoms with E-state index in [1.807, 2.05) is 31.2 Å². The lowest BCUT2D eigenvalue weighted by Gasteiger charge is -2.07. The highest BCUT2D eigenvalue weighted by molar-refractivity contribution is 5.69. The van der Waals surface area contributed by atoms with Crippen LogP contribution < -0.4 is 4.74 Å². The second-order valence-corrected chi connectivity index (χ2v) is 5.98. The number of hydrogen-bond donors (Lipinski definition) is 0. The Morgan fingerprint density at radius 1 is 1.11 bits per heavy atom. The summed E-state index contributed by atoms with van der Waals surface area (Å²) in [4.78, 5) is 15.9. The molecule has 0 aliphatic carbocycles. The molecule has 0 bridgehead atoms. The Bertz CT molecular complexity index is 889. The van der Waals surface area contributed by atoms with Crippen molar-refractivity contribution in [2.75, 3.05) is 13.2 Å². The summed E-state index contributed by atoms with van der Waals surface area (Å²) < 4.78 is 29.9. The summed E-state index contributed by atoms with van der Waals surface area (Å²) >= 11 is 0. The largest absolute Gasteiger partial charge is 0.490 e. The zero-order chi connectivity index (χ0) is 19.1. The predicted molar refractivity (Wildman–Crippen MR) is 97.9 cm³/mol. The van der Waals surface area contributed by atoms with Gasteiger partial charge in [0, 0.05) is 6.42 Å².